The number of fused-ring (bicyclic) bond motifs is 1. The maximum Gasteiger partial charge on any atom is 0.228 e. The largest absolute Gasteiger partial charge is 0.497 e. The molecule has 0 N–H and O–H groups in total. The molecule has 0 saturated carbocycles. The summed E-state index contributed by atoms with van der Waals surface area (Å²) in [6, 6.07) is 15.7. The molecule has 2 heterocycles. The van der Waals surface area contributed by atoms with E-state index in [0.29, 0.717) is 18.8 Å². The van der Waals surface area contributed by atoms with Crippen LogP contribution >= 0.6 is 0 Å². The van der Waals surface area contributed by atoms with Crippen LogP contribution < -0.4 is 9.64 Å². The molecule has 4 rings (SSSR count). The van der Waals surface area contributed by atoms with E-state index < -0.39 is 0 Å². The van der Waals surface area contributed by atoms with E-state index in [9.17, 15) is 9.59 Å². The van der Waals surface area contributed by atoms with Gasteiger partial charge in [-0.3, -0.25) is 9.59 Å². The van der Waals surface area contributed by atoms with Gasteiger partial charge in [0.25, 0.3) is 0 Å². The number of amides is 2. The Kier molecular flexibility index (Phi) is 4.37. The van der Waals surface area contributed by atoms with Gasteiger partial charge in [0.2, 0.25) is 11.8 Å². The fourth-order valence-electron chi connectivity index (χ4n) is 3.84. The van der Waals surface area contributed by atoms with E-state index in [1.54, 1.807) is 12.0 Å². The molecule has 26 heavy (non-hydrogen) atoms. The van der Waals surface area contributed by atoms with Gasteiger partial charge in [-0.1, -0.05) is 30.3 Å². The number of carbonyl (C=O) groups is 2. The highest BCUT2D eigenvalue weighted by molar-refractivity contribution is 6.00. The molecular formula is C21H22N2O3. The third-order valence-electron chi connectivity index (χ3n) is 5.28. The topological polar surface area (TPSA) is 49.9 Å². The molecule has 0 bridgehead atoms. The van der Waals surface area contributed by atoms with E-state index >= 15 is 0 Å². The Morgan fingerprint density at radius 2 is 1.92 bits per heavy atom. The molecule has 1 atom stereocenters. The highest BCUT2D eigenvalue weighted by atomic mass is 16.5. The lowest BCUT2D eigenvalue weighted by atomic mass is 9.98. The van der Waals surface area contributed by atoms with Crippen molar-refractivity contribution >= 4 is 17.5 Å². The van der Waals surface area contributed by atoms with Crippen LogP contribution in [-0.4, -0.2) is 36.9 Å². The average molecular weight is 350 g/mol. The second-order valence-electron chi connectivity index (χ2n) is 6.89. The lowest BCUT2D eigenvalue weighted by Gasteiger charge is -2.30. The summed E-state index contributed by atoms with van der Waals surface area (Å²) in [5.41, 5.74) is 3.31. The zero-order valence-electron chi connectivity index (χ0n) is 14.9. The van der Waals surface area contributed by atoms with Crippen molar-refractivity contribution < 1.29 is 14.3 Å². The summed E-state index contributed by atoms with van der Waals surface area (Å²) in [7, 11) is 1.60. The van der Waals surface area contributed by atoms with Crippen LogP contribution in [0.3, 0.4) is 0 Å². The summed E-state index contributed by atoms with van der Waals surface area (Å²) in [5, 5.41) is 0. The lowest BCUT2D eigenvalue weighted by Crippen LogP contribution is -2.40. The van der Waals surface area contributed by atoms with Gasteiger partial charge >= 0.3 is 0 Å². The molecule has 134 valence electrons. The lowest BCUT2D eigenvalue weighted by molar-refractivity contribution is -0.136. The van der Waals surface area contributed by atoms with Gasteiger partial charge in [-0.15, -0.1) is 0 Å². The fraction of sp³-hybridized carbons (Fsp3) is 0.333. The second kappa shape index (κ2) is 6.83. The number of ether oxygens (including phenoxy) is 1. The molecule has 1 saturated heterocycles. The molecule has 0 radical (unpaired) electrons. The third-order valence-corrected chi connectivity index (χ3v) is 5.28. The Morgan fingerprint density at radius 3 is 2.73 bits per heavy atom. The molecule has 5 heteroatoms. The van der Waals surface area contributed by atoms with Crippen LogP contribution in [0.1, 0.15) is 17.5 Å². The second-order valence-corrected chi connectivity index (χ2v) is 6.89. The van der Waals surface area contributed by atoms with Crippen LogP contribution in [0.4, 0.5) is 5.69 Å². The van der Waals surface area contributed by atoms with Crippen LogP contribution in [0.2, 0.25) is 0 Å². The highest BCUT2D eigenvalue weighted by Gasteiger charge is 2.37. The van der Waals surface area contributed by atoms with Crippen molar-refractivity contribution in [2.45, 2.75) is 19.4 Å². The number of nitrogens with zero attached hydrogens (tertiary/aromatic N) is 2. The number of hydrogen-bond donors (Lipinski definition) is 0. The van der Waals surface area contributed by atoms with Gasteiger partial charge in [-0.05, 0) is 29.7 Å². The summed E-state index contributed by atoms with van der Waals surface area (Å²) >= 11 is 0. The fourth-order valence-corrected chi connectivity index (χ4v) is 3.84. The Labute approximate surface area is 153 Å². The van der Waals surface area contributed by atoms with Gasteiger partial charge in [0.1, 0.15) is 5.75 Å². The van der Waals surface area contributed by atoms with E-state index in [1.165, 1.54) is 11.1 Å². The third kappa shape index (κ3) is 3.05. The molecule has 2 amide bonds. The quantitative estimate of drug-likeness (QED) is 0.855. The first-order chi connectivity index (χ1) is 12.7. The van der Waals surface area contributed by atoms with Gasteiger partial charge in [-0.2, -0.15) is 0 Å². The summed E-state index contributed by atoms with van der Waals surface area (Å²) in [4.78, 5) is 29.1. The van der Waals surface area contributed by atoms with Gasteiger partial charge in [0.05, 0.1) is 13.0 Å². The molecule has 0 aliphatic carbocycles. The molecule has 2 aromatic carbocycles. The molecule has 1 fully saturated rings. The van der Waals surface area contributed by atoms with Crippen molar-refractivity contribution in [2.24, 2.45) is 5.92 Å². The number of methoxy groups -OCH3 is 1. The normalized spacial score (nSPS) is 19.4. The number of anilines is 1. The SMILES string of the molecule is COc1cccc(N2C[C@@H](C(=O)N3CCc4ccccc4C3)CC2=O)c1. The highest BCUT2D eigenvalue weighted by Crippen LogP contribution is 2.30. The van der Waals surface area contributed by atoms with E-state index in [2.05, 4.69) is 12.1 Å². The molecule has 2 aliphatic rings. The zero-order chi connectivity index (χ0) is 18.1. The number of rotatable bonds is 3. The van der Waals surface area contributed by atoms with Gasteiger partial charge < -0.3 is 14.5 Å². The minimum Gasteiger partial charge on any atom is -0.497 e. The van der Waals surface area contributed by atoms with E-state index in [1.807, 2.05) is 41.3 Å². The van der Waals surface area contributed by atoms with Crippen molar-refractivity contribution in [1.82, 2.24) is 4.90 Å². The monoisotopic (exact) mass is 350 g/mol. The number of carbonyl (C=O) groups excluding carboxylic acids is 2. The Morgan fingerprint density at radius 1 is 1.12 bits per heavy atom. The number of benzene rings is 2. The first kappa shape index (κ1) is 16.6. The Bertz CT molecular complexity index is 849. The molecule has 0 unspecified atom stereocenters. The Hall–Kier alpha value is -2.82. The van der Waals surface area contributed by atoms with Crippen molar-refractivity contribution in [2.75, 3.05) is 25.1 Å². The molecular weight excluding hydrogens is 328 g/mol. The predicted octanol–water partition coefficient (Wildman–Crippen LogP) is 2.63. The van der Waals surface area contributed by atoms with Crippen molar-refractivity contribution in [1.29, 1.82) is 0 Å². The van der Waals surface area contributed by atoms with Crippen molar-refractivity contribution in [3.8, 4) is 5.75 Å². The van der Waals surface area contributed by atoms with Crippen molar-refractivity contribution in [3.05, 3.63) is 59.7 Å². The minimum atomic E-state index is -0.279. The minimum absolute atomic E-state index is 0.00554. The Balaban J connectivity index is 1.47. The number of hydrogen-bond acceptors (Lipinski definition) is 3. The maximum absolute atomic E-state index is 13.0. The molecule has 2 aromatic rings. The van der Waals surface area contributed by atoms with Crippen LogP contribution in [0, 0.1) is 5.92 Å². The molecule has 5 nitrogen and oxygen atoms in total. The zero-order valence-corrected chi connectivity index (χ0v) is 14.9. The smallest absolute Gasteiger partial charge is 0.228 e. The standard InChI is InChI=1S/C21H22N2O3/c1-26-19-8-4-7-18(12-19)23-14-17(11-20(23)24)21(25)22-10-9-15-5-2-3-6-16(15)13-22/h2-8,12,17H,9-11,13-14H2,1H3/t17-/m0/s1. The van der Waals surface area contributed by atoms with Gasteiger partial charge in [0, 0.05) is 37.8 Å². The molecule has 2 aliphatic heterocycles. The molecule has 0 aromatic heterocycles. The van der Waals surface area contributed by atoms with Crippen molar-refractivity contribution in [3.63, 3.8) is 0 Å². The van der Waals surface area contributed by atoms with Crippen LogP contribution in [0.5, 0.6) is 5.75 Å². The predicted molar refractivity (Wildman–Crippen MR) is 99.0 cm³/mol. The average Bonchev–Trinajstić information content (AvgIpc) is 3.08. The van der Waals surface area contributed by atoms with Crippen LogP contribution in [0.15, 0.2) is 48.5 Å². The van der Waals surface area contributed by atoms with E-state index in [0.717, 1.165) is 18.7 Å². The van der Waals surface area contributed by atoms with E-state index in [4.69, 9.17) is 4.74 Å². The van der Waals surface area contributed by atoms with Crippen LogP contribution in [0.25, 0.3) is 0 Å². The van der Waals surface area contributed by atoms with E-state index in [-0.39, 0.29) is 24.2 Å². The summed E-state index contributed by atoms with van der Waals surface area (Å²) in [5.74, 6) is 0.504. The van der Waals surface area contributed by atoms with Gasteiger partial charge in [0.15, 0.2) is 0 Å². The maximum atomic E-state index is 13.0. The first-order valence-corrected chi connectivity index (χ1v) is 8.95. The first-order valence-electron chi connectivity index (χ1n) is 8.95. The van der Waals surface area contributed by atoms with Gasteiger partial charge in [-0.25, -0.2) is 0 Å². The molecule has 0 spiro atoms. The summed E-state index contributed by atoms with van der Waals surface area (Å²) in [6.45, 7) is 1.79. The van der Waals surface area contributed by atoms with Crippen LogP contribution in [-0.2, 0) is 22.6 Å². The summed E-state index contributed by atoms with van der Waals surface area (Å²) in [6.07, 6.45) is 1.15. The summed E-state index contributed by atoms with van der Waals surface area (Å²) < 4.78 is 5.24.